The molecule has 0 aliphatic carbocycles. The summed E-state index contributed by atoms with van der Waals surface area (Å²) in [6.45, 7) is 0. The minimum Gasteiger partial charge on any atom is -0.206 e. The maximum absolute atomic E-state index is 12.9. The zero-order chi connectivity index (χ0) is 11.1. The van der Waals surface area contributed by atoms with E-state index in [1.807, 2.05) is 0 Å². The molecule has 7 heteroatoms. The zero-order valence-electron chi connectivity index (χ0n) is 6.22. The molecule has 0 saturated carbocycles. The molecule has 0 spiro atoms. The Labute approximate surface area is 102 Å². The quantitative estimate of drug-likeness (QED) is 0.322. The summed E-state index contributed by atoms with van der Waals surface area (Å²) in [7, 11) is 0. The lowest BCUT2D eigenvalue weighted by atomic mass is 10.2. The Morgan fingerprint density at radius 2 is 1.50 bits per heavy atom. The molecule has 1 rings (SSSR count). The molecule has 0 aliphatic heterocycles. The SMILES string of the molecule is Fc1cc(Br)c(C(F)(F)F)c(Br)c1Br. The van der Waals surface area contributed by atoms with Crippen molar-refractivity contribution in [2.45, 2.75) is 6.18 Å². The van der Waals surface area contributed by atoms with E-state index in [0.29, 0.717) is 0 Å². The van der Waals surface area contributed by atoms with Crippen LogP contribution in [0.3, 0.4) is 0 Å². The number of hydrogen-bond acceptors (Lipinski definition) is 0. The summed E-state index contributed by atoms with van der Waals surface area (Å²) >= 11 is 8.05. The fourth-order valence-electron chi connectivity index (χ4n) is 0.826. The summed E-state index contributed by atoms with van der Waals surface area (Å²) in [5, 5.41) is 0. The standard InChI is InChI=1S/C7HBr3F4/c8-2-1-3(11)5(9)6(10)4(2)7(12,13)14/h1H. The molecular formula is C7HBr3F4. The van der Waals surface area contributed by atoms with Gasteiger partial charge >= 0.3 is 6.18 Å². The third-order valence-electron chi connectivity index (χ3n) is 1.40. The molecule has 0 fully saturated rings. The van der Waals surface area contributed by atoms with Crippen LogP contribution in [0.15, 0.2) is 19.5 Å². The van der Waals surface area contributed by atoms with E-state index in [-0.39, 0.29) is 13.4 Å². The Morgan fingerprint density at radius 1 is 1.00 bits per heavy atom. The molecule has 0 unspecified atom stereocenters. The van der Waals surface area contributed by atoms with Crippen molar-refractivity contribution >= 4 is 47.8 Å². The second-order valence-corrected chi connectivity index (χ2v) is 4.78. The minimum absolute atomic E-state index is 0.243. The van der Waals surface area contributed by atoms with E-state index in [0.717, 1.165) is 6.07 Å². The Kier molecular flexibility index (Phi) is 3.64. The van der Waals surface area contributed by atoms with Gasteiger partial charge in [0.25, 0.3) is 0 Å². The van der Waals surface area contributed by atoms with Crippen molar-refractivity contribution in [2.24, 2.45) is 0 Å². The van der Waals surface area contributed by atoms with Crippen LogP contribution in [-0.4, -0.2) is 0 Å². The van der Waals surface area contributed by atoms with Crippen LogP contribution in [0.5, 0.6) is 0 Å². The fourth-order valence-corrected chi connectivity index (χ4v) is 2.66. The van der Waals surface area contributed by atoms with Crippen LogP contribution in [0.4, 0.5) is 17.6 Å². The summed E-state index contributed by atoms with van der Waals surface area (Å²) < 4.78 is 49.3. The first-order valence-corrected chi connectivity index (χ1v) is 5.53. The highest BCUT2D eigenvalue weighted by atomic mass is 79.9. The van der Waals surface area contributed by atoms with Crippen LogP contribution < -0.4 is 0 Å². The summed E-state index contributed by atoms with van der Waals surface area (Å²) in [6.07, 6.45) is -4.53. The highest BCUT2D eigenvalue weighted by molar-refractivity contribution is 9.13. The molecule has 0 atom stereocenters. The average molecular weight is 401 g/mol. The summed E-state index contributed by atoms with van der Waals surface area (Å²) in [5.41, 5.74) is -0.939. The predicted octanol–water partition coefficient (Wildman–Crippen LogP) is 5.13. The monoisotopic (exact) mass is 398 g/mol. The van der Waals surface area contributed by atoms with Gasteiger partial charge < -0.3 is 0 Å². The smallest absolute Gasteiger partial charge is 0.206 e. The molecule has 78 valence electrons. The third kappa shape index (κ3) is 2.30. The molecule has 1 aromatic carbocycles. The molecule has 14 heavy (non-hydrogen) atoms. The molecule has 0 heterocycles. The van der Waals surface area contributed by atoms with Crippen molar-refractivity contribution < 1.29 is 17.6 Å². The molecule has 0 N–H and O–H groups in total. The van der Waals surface area contributed by atoms with Gasteiger partial charge in [-0.2, -0.15) is 13.2 Å². The van der Waals surface area contributed by atoms with Gasteiger partial charge in [0.05, 0.1) is 10.0 Å². The third-order valence-corrected chi connectivity index (χ3v) is 4.12. The van der Waals surface area contributed by atoms with E-state index in [1.54, 1.807) is 0 Å². The second kappa shape index (κ2) is 4.09. The number of halogens is 7. The number of rotatable bonds is 0. The zero-order valence-corrected chi connectivity index (χ0v) is 11.0. The highest BCUT2D eigenvalue weighted by Crippen LogP contribution is 2.43. The van der Waals surface area contributed by atoms with Gasteiger partial charge in [-0.3, -0.25) is 0 Å². The van der Waals surface area contributed by atoms with Crippen molar-refractivity contribution in [1.82, 2.24) is 0 Å². The van der Waals surface area contributed by atoms with Crippen LogP contribution in [0.1, 0.15) is 5.56 Å². The lowest BCUT2D eigenvalue weighted by Crippen LogP contribution is -2.08. The lowest BCUT2D eigenvalue weighted by Gasteiger charge is -2.12. The topological polar surface area (TPSA) is 0 Å². The van der Waals surface area contributed by atoms with Gasteiger partial charge in [0, 0.05) is 8.95 Å². The first-order valence-electron chi connectivity index (χ1n) is 3.15. The van der Waals surface area contributed by atoms with Gasteiger partial charge in [0.1, 0.15) is 5.82 Å². The van der Waals surface area contributed by atoms with Crippen LogP contribution >= 0.6 is 47.8 Å². The van der Waals surface area contributed by atoms with Gasteiger partial charge in [-0.1, -0.05) is 15.9 Å². The molecule has 0 aliphatic rings. The number of benzene rings is 1. The van der Waals surface area contributed by atoms with Gasteiger partial charge in [0.15, 0.2) is 0 Å². The summed E-state index contributed by atoms with van der Waals surface area (Å²) in [4.78, 5) is 0. The molecule has 1 aromatic rings. The van der Waals surface area contributed by atoms with Gasteiger partial charge in [-0.15, -0.1) is 0 Å². The van der Waals surface area contributed by atoms with Crippen LogP contribution in [0, 0.1) is 5.82 Å². The molecule has 0 radical (unpaired) electrons. The molecule has 0 amide bonds. The van der Waals surface area contributed by atoms with Gasteiger partial charge in [-0.05, 0) is 37.9 Å². The van der Waals surface area contributed by atoms with E-state index in [2.05, 4.69) is 47.8 Å². The highest BCUT2D eigenvalue weighted by Gasteiger charge is 2.37. The Bertz CT molecular complexity index is 372. The van der Waals surface area contributed by atoms with E-state index < -0.39 is 17.6 Å². The second-order valence-electron chi connectivity index (χ2n) is 2.34. The van der Waals surface area contributed by atoms with E-state index in [1.165, 1.54) is 0 Å². The number of hydrogen-bond donors (Lipinski definition) is 0. The average Bonchev–Trinajstić information content (AvgIpc) is 1.97. The first kappa shape index (κ1) is 12.4. The predicted molar refractivity (Wildman–Crippen MR) is 54.5 cm³/mol. The van der Waals surface area contributed by atoms with E-state index >= 15 is 0 Å². The van der Waals surface area contributed by atoms with Crippen LogP contribution in [-0.2, 0) is 6.18 Å². The van der Waals surface area contributed by atoms with Crippen molar-refractivity contribution in [3.05, 3.63) is 30.9 Å². The molecule has 0 nitrogen and oxygen atoms in total. The van der Waals surface area contributed by atoms with Crippen molar-refractivity contribution in [3.8, 4) is 0 Å². The summed E-state index contributed by atoms with van der Waals surface area (Å²) in [6, 6.07) is 0.762. The maximum Gasteiger partial charge on any atom is 0.418 e. The number of alkyl halides is 3. The normalized spacial score (nSPS) is 11.9. The van der Waals surface area contributed by atoms with E-state index in [9.17, 15) is 17.6 Å². The Hall–Kier alpha value is 0.380. The van der Waals surface area contributed by atoms with Gasteiger partial charge in [0.2, 0.25) is 0 Å². The maximum atomic E-state index is 12.9. The molecule has 0 saturated heterocycles. The molecule has 0 aromatic heterocycles. The van der Waals surface area contributed by atoms with Gasteiger partial charge in [-0.25, -0.2) is 4.39 Å². The van der Waals surface area contributed by atoms with Crippen molar-refractivity contribution in [3.63, 3.8) is 0 Å². The van der Waals surface area contributed by atoms with Crippen LogP contribution in [0.2, 0.25) is 0 Å². The molecule has 0 bridgehead atoms. The summed E-state index contributed by atoms with van der Waals surface area (Å²) in [5.74, 6) is -0.767. The molecular weight excluding hydrogens is 400 g/mol. The van der Waals surface area contributed by atoms with Crippen molar-refractivity contribution in [2.75, 3.05) is 0 Å². The minimum atomic E-state index is -4.53. The van der Waals surface area contributed by atoms with Crippen LogP contribution in [0.25, 0.3) is 0 Å². The van der Waals surface area contributed by atoms with Crippen molar-refractivity contribution in [1.29, 1.82) is 0 Å². The first-order chi connectivity index (χ1) is 6.25. The lowest BCUT2D eigenvalue weighted by molar-refractivity contribution is -0.138. The fraction of sp³-hybridized carbons (Fsp3) is 0.143. The van der Waals surface area contributed by atoms with E-state index in [4.69, 9.17) is 0 Å². The largest absolute Gasteiger partial charge is 0.418 e. The Morgan fingerprint density at radius 3 is 1.93 bits per heavy atom. The Balaban J connectivity index is 3.53.